The van der Waals surface area contributed by atoms with Gasteiger partial charge in [0.25, 0.3) is 0 Å². The molecule has 0 radical (unpaired) electrons. The Bertz CT molecular complexity index is 886. The fraction of sp³-hybridized carbons (Fsp3) is 0.684. The molecule has 0 unspecified atom stereocenters. The molecular weight excluding hydrogens is 370 g/mol. The van der Waals surface area contributed by atoms with Crippen molar-refractivity contribution in [2.45, 2.75) is 61.1 Å². The Labute approximate surface area is 156 Å². The zero-order valence-electron chi connectivity index (χ0n) is 15.1. The van der Waals surface area contributed by atoms with Gasteiger partial charge in [0.1, 0.15) is 0 Å². The van der Waals surface area contributed by atoms with Crippen LogP contribution in [0, 0.1) is 0 Å². The second-order valence-corrected chi connectivity index (χ2v) is 12.3. The summed E-state index contributed by atoms with van der Waals surface area (Å²) in [5.41, 5.74) is 2.36. The van der Waals surface area contributed by atoms with Crippen LogP contribution in [0.5, 0.6) is 0 Å². The molecule has 2 aliphatic heterocycles. The smallest absolute Gasteiger partial charge is 0.183 e. The molecule has 26 heavy (non-hydrogen) atoms. The van der Waals surface area contributed by atoms with E-state index in [4.69, 9.17) is 0 Å². The van der Waals surface area contributed by atoms with Gasteiger partial charge in [-0.05, 0) is 74.9 Å². The van der Waals surface area contributed by atoms with Crippen molar-refractivity contribution in [3.05, 3.63) is 29.3 Å². The first-order valence-electron chi connectivity index (χ1n) is 9.67. The first kappa shape index (κ1) is 18.4. The number of rotatable bonds is 3. The Morgan fingerprint density at radius 2 is 1.58 bits per heavy atom. The third kappa shape index (κ3) is 3.45. The first-order chi connectivity index (χ1) is 12.4. The van der Waals surface area contributed by atoms with Crippen LogP contribution in [0.3, 0.4) is 0 Å². The highest BCUT2D eigenvalue weighted by molar-refractivity contribution is 7.96. The van der Waals surface area contributed by atoms with Crippen molar-refractivity contribution in [2.24, 2.45) is 0 Å². The molecule has 144 valence electrons. The van der Waals surface area contributed by atoms with Crippen molar-refractivity contribution in [3.63, 3.8) is 0 Å². The van der Waals surface area contributed by atoms with Gasteiger partial charge in [0.15, 0.2) is 19.7 Å². The summed E-state index contributed by atoms with van der Waals surface area (Å²) in [6, 6.07) is 5.03. The van der Waals surface area contributed by atoms with Gasteiger partial charge in [-0.15, -0.1) is 0 Å². The maximum atomic E-state index is 13.4. The van der Waals surface area contributed by atoms with Crippen LogP contribution in [-0.2, 0) is 32.5 Å². The van der Waals surface area contributed by atoms with Crippen molar-refractivity contribution in [2.75, 3.05) is 24.6 Å². The van der Waals surface area contributed by atoms with Crippen molar-refractivity contribution >= 4 is 19.7 Å². The summed E-state index contributed by atoms with van der Waals surface area (Å²) in [6.07, 6.45) is 7.32. The minimum atomic E-state index is -3.66. The Morgan fingerprint density at radius 1 is 0.885 bits per heavy atom. The fourth-order valence-electron chi connectivity index (χ4n) is 4.75. The fourth-order valence-corrected chi connectivity index (χ4v) is 9.62. The van der Waals surface area contributed by atoms with Crippen LogP contribution in [0.4, 0.5) is 0 Å². The lowest BCUT2D eigenvalue weighted by molar-refractivity contribution is 0.178. The average molecular weight is 398 g/mol. The number of benzene rings is 1. The summed E-state index contributed by atoms with van der Waals surface area (Å²) >= 11 is 0. The third-order valence-electron chi connectivity index (χ3n) is 6.18. The lowest BCUT2D eigenvalue weighted by Crippen LogP contribution is -2.48. The van der Waals surface area contributed by atoms with Crippen LogP contribution >= 0.6 is 0 Å². The van der Waals surface area contributed by atoms with Gasteiger partial charge in [-0.3, -0.25) is 4.90 Å². The summed E-state index contributed by atoms with van der Waals surface area (Å²) in [7, 11) is -6.99. The van der Waals surface area contributed by atoms with E-state index in [-0.39, 0.29) is 11.5 Å². The summed E-state index contributed by atoms with van der Waals surface area (Å²) in [5.74, 6) is -0.268. The van der Waals surface area contributed by atoms with Gasteiger partial charge in [-0.2, -0.15) is 0 Å². The number of aryl methyl sites for hydroxylation is 2. The molecule has 0 bridgehead atoms. The summed E-state index contributed by atoms with van der Waals surface area (Å²) in [6.45, 7) is 1.60. The lowest BCUT2D eigenvalue weighted by atomic mass is 9.92. The number of hydrogen-bond donors (Lipinski definition) is 0. The largest absolute Gasteiger partial charge is 0.298 e. The summed E-state index contributed by atoms with van der Waals surface area (Å²) < 4.78 is 51.4. The molecule has 0 aromatic heterocycles. The Balaban J connectivity index is 1.68. The monoisotopic (exact) mass is 397 g/mol. The maximum Gasteiger partial charge on any atom is 0.183 e. The minimum absolute atomic E-state index is 0.0260. The summed E-state index contributed by atoms with van der Waals surface area (Å²) in [5, 5.41) is -0.841. The van der Waals surface area contributed by atoms with Crippen LogP contribution in [0.1, 0.15) is 43.2 Å². The van der Waals surface area contributed by atoms with Gasteiger partial charge in [0.2, 0.25) is 0 Å². The molecule has 2 atom stereocenters. The van der Waals surface area contributed by atoms with Crippen LogP contribution in [0.2, 0.25) is 0 Å². The van der Waals surface area contributed by atoms with E-state index in [2.05, 4.69) is 4.90 Å². The second-order valence-electron chi connectivity index (χ2n) is 7.96. The molecule has 0 saturated carbocycles. The van der Waals surface area contributed by atoms with Gasteiger partial charge in [-0.1, -0.05) is 12.5 Å². The molecule has 5 nitrogen and oxygen atoms in total. The van der Waals surface area contributed by atoms with Crippen molar-refractivity contribution in [1.29, 1.82) is 0 Å². The molecule has 1 aromatic rings. The van der Waals surface area contributed by atoms with E-state index in [0.717, 1.165) is 63.6 Å². The predicted molar refractivity (Wildman–Crippen MR) is 102 cm³/mol. The van der Waals surface area contributed by atoms with Crippen molar-refractivity contribution in [3.8, 4) is 0 Å². The highest BCUT2D eigenvalue weighted by Gasteiger charge is 2.48. The number of likely N-dealkylation sites (tertiary alicyclic amines) is 1. The second kappa shape index (κ2) is 6.91. The van der Waals surface area contributed by atoms with Crippen molar-refractivity contribution < 1.29 is 16.8 Å². The molecule has 2 heterocycles. The molecule has 3 aliphatic rings. The number of nitrogens with zero attached hydrogens (tertiary/aromatic N) is 1. The highest BCUT2D eigenvalue weighted by Crippen LogP contribution is 2.32. The zero-order valence-corrected chi connectivity index (χ0v) is 16.7. The van der Waals surface area contributed by atoms with Gasteiger partial charge in [0.05, 0.1) is 21.7 Å². The molecule has 0 spiro atoms. The van der Waals surface area contributed by atoms with E-state index >= 15 is 0 Å². The molecule has 1 aliphatic carbocycles. The number of hydrogen-bond acceptors (Lipinski definition) is 5. The SMILES string of the molecule is O=S1(=O)C[C@H](N2CCCCC2)[C@@H](S(=O)(=O)c2ccc3c(c2)CCCC3)C1. The number of sulfone groups is 2. The first-order valence-corrected chi connectivity index (χ1v) is 13.0. The molecule has 0 N–H and O–H groups in total. The summed E-state index contributed by atoms with van der Waals surface area (Å²) in [4.78, 5) is 2.41. The molecule has 2 saturated heterocycles. The van der Waals surface area contributed by atoms with Crippen LogP contribution in [0.25, 0.3) is 0 Å². The van der Waals surface area contributed by atoms with Gasteiger partial charge < -0.3 is 0 Å². The number of fused-ring (bicyclic) bond motifs is 1. The van der Waals surface area contributed by atoms with Crippen LogP contribution in [0.15, 0.2) is 23.1 Å². The zero-order chi connectivity index (χ0) is 18.4. The Morgan fingerprint density at radius 3 is 2.31 bits per heavy atom. The van der Waals surface area contributed by atoms with E-state index in [1.54, 1.807) is 6.07 Å². The van der Waals surface area contributed by atoms with Gasteiger partial charge in [-0.25, -0.2) is 16.8 Å². The molecular formula is C19H27NO4S2. The molecule has 4 rings (SSSR count). The molecule has 2 fully saturated rings. The van der Waals surface area contributed by atoms with E-state index in [1.807, 2.05) is 12.1 Å². The Hall–Kier alpha value is -0.920. The topological polar surface area (TPSA) is 71.5 Å². The van der Waals surface area contributed by atoms with E-state index in [0.29, 0.717) is 4.90 Å². The third-order valence-corrected chi connectivity index (χ3v) is 10.3. The van der Waals surface area contributed by atoms with Crippen LogP contribution in [-0.4, -0.2) is 57.6 Å². The normalized spacial score (nSPS) is 29.4. The molecule has 7 heteroatoms. The van der Waals surface area contributed by atoms with Gasteiger partial charge >= 0.3 is 0 Å². The quantitative estimate of drug-likeness (QED) is 0.780. The standard InChI is InChI=1S/C19H27NO4S2/c21-25(22)13-18(20-10-4-1-5-11-20)19(14-25)26(23,24)17-9-8-15-6-2-3-7-16(15)12-17/h8-9,12,18-19H,1-7,10-11,13-14H2/t18-,19-/m0/s1. The van der Waals surface area contributed by atoms with Gasteiger partial charge in [0, 0.05) is 6.04 Å². The average Bonchev–Trinajstić information content (AvgIpc) is 2.98. The lowest BCUT2D eigenvalue weighted by Gasteiger charge is -2.34. The highest BCUT2D eigenvalue weighted by atomic mass is 32.2. The molecule has 1 aromatic carbocycles. The van der Waals surface area contributed by atoms with E-state index in [1.165, 1.54) is 5.56 Å². The number of piperidine rings is 1. The van der Waals surface area contributed by atoms with Crippen molar-refractivity contribution in [1.82, 2.24) is 4.90 Å². The van der Waals surface area contributed by atoms with Crippen LogP contribution < -0.4 is 0 Å². The minimum Gasteiger partial charge on any atom is -0.298 e. The van der Waals surface area contributed by atoms with E-state index < -0.39 is 31.0 Å². The molecule has 0 amide bonds. The predicted octanol–water partition coefficient (Wildman–Crippen LogP) is 1.99. The maximum absolute atomic E-state index is 13.4. The van der Waals surface area contributed by atoms with E-state index in [9.17, 15) is 16.8 Å². The Kier molecular flexibility index (Phi) is 4.90.